The molecule has 0 saturated carbocycles. The summed E-state index contributed by atoms with van der Waals surface area (Å²) in [5, 5.41) is 24.3. The van der Waals surface area contributed by atoms with Crippen LogP contribution in [-0.4, -0.2) is 19.3 Å². The average Bonchev–Trinajstić information content (AvgIpc) is 1.59. The van der Waals surface area contributed by atoms with Gasteiger partial charge >= 0.3 is 0 Å². The van der Waals surface area contributed by atoms with Crippen LogP contribution in [0.3, 0.4) is 0 Å². The molecule has 0 atom stereocenters. The smallest absolute Gasteiger partial charge is 0.0681 e. The molecule has 14 aromatic carbocycles. The Morgan fingerprint density at radius 3 is 0.734 bits per heavy atom. The first kappa shape index (κ1) is 57.0. The van der Waals surface area contributed by atoms with E-state index < -0.39 is 0 Å². The first-order valence-corrected chi connectivity index (χ1v) is 31.8. The molecule has 94 heavy (non-hydrogen) atoms. The van der Waals surface area contributed by atoms with Crippen LogP contribution in [0.2, 0.25) is 0 Å². The highest BCUT2D eigenvalue weighted by molar-refractivity contribution is 6.12. The molecule has 0 spiro atoms. The van der Waals surface area contributed by atoms with E-state index in [1.54, 1.807) is 0 Å². The lowest BCUT2D eigenvalue weighted by Crippen LogP contribution is -2.12. The van der Waals surface area contributed by atoms with Crippen LogP contribution in [0.25, 0.3) is 66.1 Å². The van der Waals surface area contributed by atoms with Gasteiger partial charge in [0, 0.05) is 101 Å². The van der Waals surface area contributed by atoms with E-state index >= 15 is 0 Å². The predicted octanol–water partition coefficient (Wildman–Crippen LogP) is 22.4. The molecule has 0 unspecified atom stereocenters. The number of benzene rings is 14. The van der Waals surface area contributed by atoms with Gasteiger partial charge in [-0.15, -0.1) is 0 Å². The van der Waals surface area contributed by atoms with E-state index in [0.717, 1.165) is 135 Å². The minimum Gasteiger partial charge on any atom is -0.392 e. The van der Waals surface area contributed by atoms with Crippen molar-refractivity contribution in [3.8, 4) is 22.5 Å². The second-order valence-corrected chi connectivity index (χ2v) is 23.6. The van der Waals surface area contributed by atoms with Crippen molar-refractivity contribution >= 4 is 112 Å². The number of rotatable bonds is 17. The van der Waals surface area contributed by atoms with Crippen LogP contribution in [0.5, 0.6) is 0 Å². The number of nitrogens with zero attached hydrogens (tertiary/aromatic N) is 6. The van der Waals surface area contributed by atoms with E-state index in [2.05, 4.69) is 356 Å². The molecule has 450 valence electrons. The maximum absolute atomic E-state index is 9.81. The summed E-state index contributed by atoms with van der Waals surface area (Å²) in [4.78, 5) is 9.30. The van der Waals surface area contributed by atoms with Gasteiger partial charge in [0.25, 0.3) is 0 Å². The molecule has 0 fully saturated rings. The summed E-state index contributed by atoms with van der Waals surface area (Å²) in [5.41, 5.74) is 23.2. The second-order valence-electron chi connectivity index (χ2n) is 23.6. The minimum atomic E-state index is 0.00870. The quantitative estimate of drug-likeness (QED) is 0.0947. The van der Waals surface area contributed by atoms with Gasteiger partial charge in [0.1, 0.15) is 0 Å². The molecule has 2 N–H and O–H groups in total. The Bertz CT molecular complexity index is 4960. The van der Waals surface area contributed by atoms with Crippen LogP contribution in [0.15, 0.2) is 352 Å². The zero-order valence-electron chi connectivity index (χ0n) is 51.5. The zero-order valence-corrected chi connectivity index (χ0v) is 51.5. The lowest BCUT2D eigenvalue weighted by Gasteiger charge is -2.29. The Morgan fingerprint density at radius 1 is 0.202 bits per heavy atom. The molecule has 0 aliphatic heterocycles. The summed E-state index contributed by atoms with van der Waals surface area (Å²) in [5.74, 6) is 0. The number of anilines is 12. The van der Waals surface area contributed by atoms with Crippen LogP contribution in [-0.2, 0) is 13.2 Å². The second kappa shape index (κ2) is 24.9. The van der Waals surface area contributed by atoms with E-state index in [1.807, 2.05) is 24.3 Å². The largest absolute Gasteiger partial charge is 0.392 e. The van der Waals surface area contributed by atoms with Crippen molar-refractivity contribution in [2.75, 3.05) is 19.6 Å². The lowest BCUT2D eigenvalue weighted by atomic mass is 10.0. The van der Waals surface area contributed by atoms with E-state index in [9.17, 15) is 10.2 Å². The van der Waals surface area contributed by atoms with Crippen LogP contribution >= 0.6 is 0 Å². The minimum absolute atomic E-state index is 0.00870. The summed E-state index contributed by atoms with van der Waals surface area (Å²) in [6.07, 6.45) is 0. The third-order valence-corrected chi connectivity index (χ3v) is 18.0. The summed E-state index contributed by atoms with van der Waals surface area (Å²) < 4.78 is 4.62. The number of hydrogen-bond donors (Lipinski definition) is 2. The predicted molar refractivity (Wildman–Crippen MR) is 391 cm³/mol. The van der Waals surface area contributed by atoms with Crippen molar-refractivity contribution in [3.05, 3.63) is 363 Å². The Kier molecular flexibility index (Phi) is 15.1. The average molecular weight is 1210 g/mol. The molecule has 2 aromatic heterocycles. The van der Waals surface area contributed by atoms with E-state index in [1.165, 1.54) is 10.8 Å². The molecular formula is C86H64N6O2. The zero-order chi connectivity index (χ0) is 62.9. The summed E-state index contributed by atoms with van der Waals surface area (Å²) >= 11 is 0. The third kappa shape index (κ3) is 10.6. The summed E-state index contributed by atoms with van der Waals surface area (Å²) in [6.45, 7) is 0.0174. The normalized spacial score (nSPS) is 11.4. The molecule has 16 aromatic rings. The lowest BCUT2D eigenvalue weighted by molar-refractivity contribution is 0.281. The Balaban J connectivity index is 0.691. The number of aromatic nitrogens is 2. The molecule has 0 bridgehead atoms. The van der Waals surface area contributed by atoms with Gasteiger partial charge in [-0.1, -0.05) is 158 Å². The molecule has 0 amide bonds. The van der Waals surface area contributed by atoms with Crippen molar-refractivity contribution in [3.63, 3.8) is 0 Å². The first-order valence-electron chi connectivity index (χ1n) is 31.8. The molecule has 16 rings (SSSR count). The fourth-order valence-electron chi connectivity index (χ4n) is 13.5. The van der Waals surface area contributed by atoms with E-state index in [0.29, 0.717) is 0 Å². The standard InChI is InChI=1S/C86H64N6O2/c93-59-61-29-37-75(38-30-61)91-83-27-15-13-25-79(83)81-57-77(53-55-85(81)91)89(67-21-9-3-10-22-67)73-49-45-71(46-50-73)87(65-17-5-1-6-18-65)69-41-33-63(34-42-69)64-35-43-70(44-36-64)88(66-19-7-2-8-20-66)72-47-51-74(52-48-72)90(68-23-11-4-12-24-68)78-54-56-86-82(58-78)80-26-14-16-28-84(80)92(86)76-39-31-62(60-94)32-40-76/h1-58,93-94H,59-60H2. The molecule has 0 radical (unpaired) electrons. The Morgan fingerprint density at radius 2 is 0.436 bits per heavy atom. The van der Waals surface area contributed by atoms with E-state index in [-0.39, 0.29) is 13.2 Å². The van der Waals surface area contributed by atoms with Crippen molar-refractivity contribution in [2.24, 2.45) is 0 Å². The van der Waals surface area contributed by atoms with Crippen molar-refractivity contribution in [1.82, 2.24) is 9.13 Å². The maximum atomic E-state index is 9.81. The molecule has 0 aliphatic carbocycles. The number of para-hydroxylation sites is 6. The number of aliphatic hydroxyl groups is 2. The van der Waals surface area contributed by atoms with Gasteiger partial charge in [0.15, 0.2) is 0 Å². The van der Waals surface area contributed by atoms with Gasteiger partial charge < -0.3 is 38.9 Å². The van der Waals surface area contributed by atoms with Crippen molar-refractivity contribution in [1.29, 1.82) is 0 Å². The van der Waals surface area contributed by atoms with Gasteiger partial charge in [-0.05, 0) is 216 Å². The Labute approximate surface area is 546 Å². The topological polar surface area (TPSA) is 63.3 Å². The molecule has 2 heterocycles. The van der Waals surface area contributed by atoms with Gasteiger partial charge in [0.05, 0.1) is 35.3 Å². The fraction of sp³-hybridized carbons (Fsp3) is 0.0233. The highest BCUT2D eigenvalue weighted by Gasteiger charge is 2.22. The Hall–Kier alpha value is -12.2. The summed E-state index contributed by atoms with van der Waals surface area (Å²) in [6, 6.07) is 125. The molecule has 0 saturated heterocycles. The van der Waals surface area contributed by atoms with Crippen LogP contribution in [0, 0.1) is 0 Å². The van der Waals surface area contributed by atoms with Crippen LogP contribution in [0.4, 0.5) is 68.2 Å². The third-order valence-electron chi connectivity index (χ3n) is 18.0. The SMILES string of the molecule is OCc1ccc(-n2c3ccccc3c3cc(N(c4ccccc4)c4ccc(N(c5ccccc5)c5ccc(-c6ccc(N(c7ccccc7)c7ccc(N(c8ccccc8)c8ccc9c(c8)c8ccccc8n9-c8ccc(CO)cc8)cc7)cc6)cc5)cc4)ccc32)cc1. The highest BCUT2D eigenvalue weighted by Crippen LogP contribution is 2.45. The molecule has 8 heteroatoms. The first-order chi connectivity index (χ1) is 46.5. The summed E-state index contributed by atoms with van der Waals surface area (Å²) in [7, 11) is 0. The highest BCUT2D eigenvalue weighted by atomic mass is 16.3. The van der Waals surface area contributed by atoms with Crippen molar-refractivity contribution in [2.45, 2.75) is 13.2 Å². The fourth-order valence-corrected chi connectivity index (χ4v) is 13.5. The molecule has 0 aliphatic rings. The van der Waals surface area contributed by atoms with Gasteiger partial charge in [-0.25, -0.2) is 0 Å². The van der Waals surface area contributed by atoms with Gasteiger partial charge in [-0.3, -0.25) is 0 Å². The monoisotopic (exact) mass is 1210 g/mol. The number of aliphatic hydroxyl groups excluding tert-OH is 2. The van der Waals surface area contributed by atoms with Crippen molar-refractivity contribution < 1.29 is 10.2 Å². The van der Waals surface area contributed by atoms with Gasteiger partial charge in [-0.2, -0.15) is 0 Å². The molecular weight excluding hydrogens is 1150 g/mol. The van der Waals surface area contributed by atoms with Crippen LogP contribution in [0.1, 0.15) is 11.1 Å². The maximum Gasteiger partial charge on any atom is 0.0681 e. The van der Waals surface area contributed by atoms with Crippen LogP contribution < -0.4 is 19.6 Å². The number of hydrogen-bond acceptors (Lipinski definition) is 6. The molecule has 8 nitrogen and oxygen atoms in total. The number of fused-ring (bicyclic) bond motifs is 6. The van der Waals surface area contributed by atoms with E-state index in [4.69, 9.17) is 0 Å². The van der Waals surface area contributed by atoms with Gasteiger partial charge in [0.2, 0.25) is 0 Å².